The molecule has 0 radical (unpaired) electrons. The Labute approximate surface area is 170 Å². The number of hydrogen-bond acceptors (Lipinski definition) is 6. The van der Waals surface area contributed by atoms with Gasteiger partial charge in [-0.05, 0) is 18.6 Å². The first kappa shape index (κ1) is 20.8. The first-order valence-electron chi connectivity index (χ1n) is 9.74. The fraction of sp³-hybridized carbons (Fsp3) is 0.579. The van der Waals surface area contributed by atoms with Crippen LogP contribution in [0.5, 0.6) is 0 Å². The van der Waals surface area contributed by atoms with Crippen LogP contribution in [0, 0.1) is 0 Å². The second-order valence-corrected chi connectivity index (χ2v) is 7.15. The fourth-order valence-electron chi connectivity index (χ4n) is 3.06. The zero-order valence-electron chi connectivity index (χ0n) is 17.2. The summed E-state index contributed by atoms with van der Waals surface area (Å²) in [5.41, 5.74) is 0. The normalized spacial score (nSPS) is 16.4. The van der Waals surface area contributed by atoms with E-state index in [-0.39, 0.29) is 18.5 Å². The highest BCUT2D eigenvalue weighted by Crippen LogP contribution is 2.13. The lowest BCUT2D eigenvalue weighted by Gasteiger charge is -2.25. The monoisotopic (exact) mass is 403 g/mol. The van der Waals surface area contributed by atoms with Crippen LogP contribution in [0.3, 0.4) is 0 Å². The van der Waals surface area contributed by atoms with Gasteiger partial charge >= 0.3 is 0 Å². The molecule has 10 heteroatoms. The molecule has 3 rings (SSSR count). The molecule has 1 amide bonds. The topological polar surface area (TPSA) is 110 Å². The number of fused-ring (bicyclic) bond motifs is 1. The fourth-order valence-corrected chi connectivity index (χ4v) is 3.06. The van der Waals surface area contributed by atoms with Gasteiger partial charge in [-0.25, -0.2) is 14.7 Å². The third-order valence-corrected chi connectivity index (χ3v) is 4.63. The van der Waals surface area contributed by atoms with Crippen molar-refractivity contribution in [2.24, 2.45) is 4.99 Å². The molecule has 2 aromatic heterocycles. The number of rotatable bonds is 8. The quantitative estimate of drug-likeness (QED) is 0.479. The maximum absolute atomic E-state index is 11.9. The van der Waals surface area contributed by atoms with Gasteiger partial charge in [0, 0.05) is 46.6 Å². The van der Waals surface area contributed by atoms with Crippen LogP contribution < -0.4 is 10.6 Å². The summed E-state index contributed by atoms with van der Waals surface area (Å²) in [4.78, 5) is 22.4. The molecule has 2 N–H and O–H groups in total. The maximum Gasteiger partial charge on any atom is 0.243 e. The number of nitrogens with one attached hydrogen (secondary N) is 2. The second-order valence-electron chi connectivity index (χ2n) is 7.15. The number of likely N-dealkylation sites (N-methyl/N-ethyl adjacent to an activating group) is 1. The van der Waals surface area contributed by atoms with Crippen LogP contribution >= 0.6 is 0 Å². The summed E-state index contributed by atoms with van der Waals surface area (Å²) in [5.74, 6) is 3.13. The number of carbonyl (C=O) groups is 1. The summed E-state index contributed by atoms with van der Waals surface area (Å²) in [6.45, 7) is 1.83. The number of carbonyl (C=O) groups excluding carboxylic acids is 1. The Kier molecular flexibility index (Phi) is 7.23. The zero-order valence-corrected chi connectivity index (χ0v) is 17.2. The Bertz CT molecular complexity index is 814. The van der Waals surface area contributed by atoms with E-state index in [1.54, 1.807) is 27.5 Å². The second kappa shape index (κ2) is 10.1. The Morgan fingerprint density at radius 2 is 2.34 bits per heavy atom. The van der Waals surface area contributed by atoms with Crippen LogP contribution in [-0.4, -0.2) is 71.9 Å². The van der Waals surface area contributed by atoms with Crippen molar-refractivity contribution in [1.29, 1.82) is 0 Å². The van der Waals surface area contributed by atoms with Crippen LogP contribution in [0.1, 0.15) is 23.8 Å². The lowest BCUT2D eigenvalue weighted by atomic mass is 10.1. The number of guanidine groups is 1. The van der Waals surface area contributed by atoms with Gasteiger partial charge in [0.2, 0.25) is 5.91 Å². The molecule has 0 aliphatic carbocycles. The van der Waals surface area contributed by atoms with Crippen molar-refractivity contribution in [2.75, 3.05) is 34.3 Å². The standard InChI is InChI=1S/C19H29N7O3/c1-25(2)18(27)11-21-19(20-9-8-15-5-4-10-29-15)22-14-6-7-17-23-16(13-28-3)24-26(17)12-14/h4-5,10,14H,6-9,11-13H2,1-3H3,(H2,20,21,22). The average Bonchev–Trinajstić information content (AvgIpc) is 3.34. The van der Waals surface area contributed by atoms with Crippen molar-refractivity contribution >= 4 is 11.9 Å². The van der Waals surface area contributed by atoms with Crippen molar-refractivity contribution in [3.05, 3.63) is 35.8 Å². The SMILES string of the molecule is COCc1nc2n(n1)CC(NC(=NCC(=O)N(C)C)NCCc1ccco1)CC2. The van der Waals surface area contributed by atoms with E-state index in [0.717, 1.165) is 30.8 Å². The molecule has 1 aliphatic heterocycles. The first-order valence-corrected chi connectivity index (χ1v) is 9.74. The minimum atomic E-state index is -0.0523. The largest absolute Gasteiger partial charge is 0.469 e. The van der Waals surface area contributed by atoms with Crippen molar-refractivity contribution < 1.29 is 13.9 Å². The number of aliphatic imine (C=N–C) groups is 1. The molecule has 0 spiro atoms. The van der Waals surface area contributed by atoms with Crippen molar-refractivity contribution in [3.8, 4) is 0 Å². The Balaban J connectivity index is 1.60. The molecule has 158 valence electrons. The van der Waals surface area contributed by atoms with Crippen LogP contribution in [0.2, 0.25) is 0 Å². The number of amides is 1. The zero-order chi connectivity index (χ0) is 20.6. The summed E-state index contributed by atoms with van der Waals surface area (Å²) in [5, 5.41) is 11.2. The van der Waals surface area contributed by atoms with Crippen molar-refractivity contribution in [1.82, 2.24) is 30.3 Å². The van der Waals surface area contributed by atoms with Crippen molar-refractivity contribution in [3.63, 3.8) is 0 Å². The van der Waals surface area contributed by atoms with E-state index in [1.807, 2.05) is 16.8 Å². The van der Waals surface area contributed by atoms with Crippen LogP contribution in [0.25, 0.3) is 0 Å². The number of methoxy groups -OCH3 is 1. The van der Waals surface area contributed by atoms with Gasteiger partial charge in [-0.2, -0.15) is 5.10 Å². The van der Waals surface area contributed by atoms with E-state index in [1.165, 1.54) is 4.90 Å². The first-order chi connectivity index (χ1) is 14.0. The van der Waals surface area contributed by atoms with E-state index < -0.39 is 0 Å². The number of ether oxygens (including phenoxy) is 1. The summed E-state index contributed by atoms with van der Waals surface area (Å²) in [7, 11) is 5.08. The molecule has 1 aliphatic rings. The molecule has 0 saturated carbocycles. The molecule has 0 fully saturated rings. The molecule has 0 saturated heterocycles. The van der Waals surface area contributed by atoms with Gasteiger partial charge in [0.1, 0.15) is 24.7 Å². The van der Waals surface area contributed by atoms with E-state index >= 15 is 0 Å². The Morgan fingerprint density at radius 1 is 1.48 bits per heavy atom. The van der Waals surface area contributed by atoms with E-state index in [9.17, 15) is 4.79 Å². The molecule has 0 aromatic carbocycles. The lowest BCUT2D eigenvalue weighted by Crippen LogP contribution is -2.48. The molecule has 0 bridgehead atoms. The number of hydrogen-bond donors (Lipinski definition) is 2. The molecule has 29 heavy (non-hydrogen) atoms. The predicted molar refractivity (Wildman–Crippen MR) is 107 cm³/mol. The molecule has 1 atom stereocenters. The maximum atomic E-state index is 11.9. The molecule has 2 aromatic rings. The Hall–Kier alpha value is -2.88. The van der Waals surface area contributed by atoms with Gasteiger partial charge < -0.3 is 24.7 Å². The minimum absolute atomic E-state index is 0.0523. The molecule has 1 unspecified atom stereocenters. The molecular weight excluding hydrogens is 374 g/mol. The van der Waals surface area contributed by atoms with Gasteiger partial charge in [0.25, 0.3) is 0 Å². The number of nitrogens with zero attached hydrogens (tertiary/aromatic N) is 5. The van der Waals surface area contributed by atoms with Gasteiger partial charge in [-0.3, -0.25) is 4.79 Å². The molecular formula is C19H29N7O3. The number of furan rings is 1. The highest BCUT2D eigenvalue weighted by atomic mass is 16.5. The number of aromatic nitrogens is 3. The van der Waals surface area contributed by atoms with E-state index in [2.05, 4.69) is 25.7 Å². The summed E-state index contributed by atoms with van der Waals surface area (Å²) < 4.78 is 12.4. The van der Waals surface area contributed by atoms with Gasteiger partial charge in [-0.15, -0.1) is 0 Å². The average molecular weight is 403 g/mol. The Morgan fingerprint density at radius 3 is 3.07 bits per heavy atom. The van der Waals surface area contributed by atoms with Crippen LogP contribution in [-0.2, 0) is 35.5 Å². The summed E-state index contributed by atoms with van der Waals surface area (Å²) >= 11 is 0. The third kappa shape index (κ3) is 6.05. The minimum Gasteiger partial charge on any atom is -0.469 e. The predicted octanol–water partition coefficient (Wildman–Crippen LogP) is 0.198. The molecule has 10 nitrogen and oxygen atoms in total. The third-order valence-electron chi connectivity index (χ3n) is 4.63. The van der Waals surface area contributed by atoms with Crippen molar-refractivity contribution in [2.45, 2.75) is 38.5 Å². The highest BCUT2D eigenvalue weighted by Gasteiger charge is 2.22. The van der Waals surface area contributed by atoms with E-state index in [0.29, 0.717) is 31.5 Å². The summed E-state index contributed by atoms with van der Waals surface area (Å²) in [6.07, 6.45) is 4.12. The van der Waals surface area contributed by atoms with Crippen LogP contribution in [0.15, 0.2) is 27.8 Å². The smallest absolute Gasteiger partial charge is 0.243 e. The lowest BCUT2D eigenvalue weighted by molar-refractivity contribution is -0.127. The van der Waals surface area contributed by atoms with Gasteiger partial charge in [-0.1, -0.05) is 0 Å². The van der Waals surface area contributed by atoms with Gasteiger partial charge in [0.15, 0.2) is 11.8 Å². The number of aryl methyl sites for hydroxylation is 1. The van der Waals surface area contributed by atoms with Gasteiger partial charge in [0.05, 0.1) is 12.8 Å². The van der Waals surface area contributed by atoms with Crippen LogP contribution in [0.4, 0.5) is 0 Å². The highest BCUT2D eigenvalue weighted by molar-refractivity contribution is 5.84. The van der Waals surface area contributed by atoms with E-state index in [4.69, 9.17) is 9.15 Å². The summed E-state index contributed by atoms with van der Waals surface area (Å²) in [6, 6.07) is 3.95. The molecule has 3 heterocycles.